The number of nitrogens with one attached hydrogen (secondary N) is 2. The average Bonchev–Trinajstić information content (AvgIpc) is 2.41. The van der Waals surface area contributed by atoms with Crippen molar-refractivity contribution in [1.29, 1.82) is 0 Å². The summed E-state index contributed by atoms with van der Waals surface area (Å²) in [7, 11) is 0. The van der Waals surface area contributed by atoms with Gasteiger partial charge in [-0.3, -0.25) is 4.79 Å². The first-order valence-corrected chi connectivity index (χ1v) is 5.89. The molecule has 1 aliphatic rings. The molecule has 0 saturated heterocycles. The van der Waals surface area contributed by atoms with Crippen LogP contribution >= 0.6 is 0 Å². The van der Waals surface area contributed by atoms with E-state index in [0.29, 0.717) is 6.42 Å². The van der Waals surface area contributed by atoms with Crippen molar-refractivity contribution >= 4 is 17.4 Å². The lowest BCUT2D eigenvalue weighted by atomic mass is 10.0. The fourth-order valence-corrected chi connectivity index (χ4v) is 2.07. The molecule has 0 bridgehead atoms. The predicted octanol–water partition coefficient (Wildman–Crippen LogP) is 2.06. The van der Waals surface area contributed by atoms with Crippen LogP contribution in [0.1, 0.15) is 5.56 Å². The van der Waals surface area contributed by atoms with Gasteiger partial charge in [-0.05, 0) is 17.7 Å². The van der Waals surface area contributed by atoms with Crippen LogP contribution in [0.15, 0.2) is 48.7 Å². The van der Waals surface area contributed by atoms with Crippen LogP contribution in [-0.4, -0.2) is 16.9 Å². The Morgan fingerprint density at radius 1 is 1.11 bits per heavy atom. The minimum Gasteiger partial charge on any atom is -0.356 e. The van der Waals surface area contributed by atoms with Gasteiger partial charge in [0.25, 0.3) is 0 Å². The van der Waals surface area contributed by atoms with E-state index in [1.807, 2.05) is 36.4 Å². The summed E-state index contributed by atoms with van der Waals surface area (Å²) in [6.45, 7) is 0. The third-order valence-corrected chi connectivity index (χ3v) is 2.98. The monoisotopic (exact) mass is 239 g/mol. The summed E-state index contributed by atoms with van der Waals surface area (Å²) in [5.74, 6) is 0.720. The summed E-state index contributed by atoms with van der Waals surface area (Å²) in [4.78, 5) is 16.2. The SMILES string of the molecule is O=C1Nc2cccnc2NC1Cc1ccccc1. The Hall–Kier alpha value is -2.36. The van der Waals surface area contributed by atoms with Crippen LogP contribution < -0.4 is 10.6 Å². The molecule has 0 saturated carbocycles. The van der Waals surface area contributed by atoms with Crippen molar-refractivity contribution < 1.29 is 4.79 Å². The standard InChI is InChI=1S/C14H13N3O/c18-14-12(9-10-5-2-1-3-6-10)16-13-11(17-14)7-4-8-15-13/h1-8,12H,9H2,(H,15,16)(H,17,18). The number of carbonyl (C=O) groups is 1. The van der Waals surface area contributed by atoms with E-state index >= 15 is 0 Å². The molecule has 0 spiro atoms. The Morgan fingerprint density at radius 3 is 2.78 bits per heavy atom. The van der Waals surface area contributed by atoms with E-state index in [0.717, 1.165) is 17.1 Å². The Bertz CT molecular complexity index is 568. The number of amides is 1. The normalized spacial score (nSPS) is 17.6. The third-order valence-electron chi connectivity index (χ3n) is 2.98. The molecule has 1 atom stereocenters. The van der Waals surface area contributed by atoms with Crippen LogP contribution in [0, 0.1) is 0 Å². The van der Waals surface area contributed by atoms with Crippen LogP contribution in [0.4, 0.5) is 11.5 Å². The van der Waals surface area contributed by atoms with Crippen molar-refractivity contribution in [3.05, 3.63) is 54.2 Å². The summed E-state index contributed by atoms with van der Waals surface area (Å²) in [6.07, 6.45) is 2.37. The second-order valence-corrected chi connectivity index (χ2v) is 4.28. The highest BCUT2D eigenvalue weighted by Gasteiger charge is 2.25. The highest BCUT2D eigenvalue weighted by molar-refractivity contribution is 6.02. The van der Waals surface area contributed by atoms with Crippen LogP contribution in [-0.2, 0) is 11.2 Å². The molecule has 3 rings (SSSR count). The van der Waals surface area contributed by atoms with Crippen LogP contribution in [0.3, 0.4) is 0 Å². The van der Waals surface area contributed by atoms with Crippen molar-refractivity contribution in [2.24, 2.45) is 0 Å². The van der Waals surface area contributed by atoms with Gasteiger partial charge >= 0.3 is 0 Å². The molecule has 2 aromatic rings. The first-order chi connectivity index (χ1) is 8.83. The molecule has 1 aromatic carbocycles. The minimum absolute atomic E-state index is 0.0145. The first-order valence-electron chi connectivity index (χ1n) is 5.89. The van der Waals surface area contributed by atoms with Crippen LogP contribution in [0.25, 0.3) is 0 Å². The molecule has 0 radical (unpaired) electrons. The predicted molar refractivity (Wildman–Crippen MR) is 70.4 cm³/mol. The molecule has 1 unspecified atom stereocenters. The van der Waals surface area contributed by atoms with Crippen LogP contribution in [0.2, 0.25) is 0 Å². The van der Waals surface area contributed by atoms with E-state index in [2.05, 4.69) is 15.6 Å². The minimum atomic E-state index is -0.269. The van der Waals surface area contributed by atoms with Gasteiger partial charge in [0, 0.05) is 12.6 Å². The second kappa shape index (κ2) is 4.49. The number of fused-ring (bicyclic) bond motifs is 1. The Balaban J connectivity index is 1.81. The molecule has 1 aromatic heterocycles. The number of rotatable bonds is 2. The van der Waals surface area contributed by atoms with Gasteiger partial charge in [-0.2, -0.15) is 0 Å². The zero-order valence-corrected chi connectivity index (χ0v) is 9.76. The number of nitrogens with zero attached hydrogens (tertiary/aromatic N) is 1. The molecular formula is C14H13N3O. The molecule has 18 heavy (non-hydrogen) atoms. The number of hydrogen-bond donors (Lipinski definition) is 2. The maximum atomic E-state index is 12.0. The van der Waals surface area contributed by atoms with Crippen LogP contribution in [0.5, 0.6) is 0 Å². The maximum Gasteiger partial charge on any atom is 0.247 e. The summed E-state index contributed by atoms with van der Waals surface area (Å²) >= 11 is 0. The molecule has 90 valence electrons. The van der Waals surface area contributed by atoms with Gasteiger partial charge in [0.15, 0.2) is 0 Å². The fraction of sp³-hybridized carbons (Fsp3) is 0.143. The summed E-state index contributed by atoms with van der Waals surface area (Å²) in [6, 6.07) is 13.3. The molecule has 1 amide bonds. The molecular weight excluding hydrogens is 226 g/mol. The van der Waals surface area contributed by atoms with Gasteiger partial charge in [0.05, 0.1) is 5.69 Å². The molecule has 0 aliphatic carbocycles. The summed E-state index contributed by atoms with van der Waals surface area (Å²) < 4.78 is 0. The molecule has 2 N–H and O–H groups in total. The van der Waals surface area contributed by atoms with Gasteiger partial charge < -0.3 is 10.6 Å². The maximum absolute atomic E-state index is 12.0. The lowest BCUT2D eigenvalue weighted by molar-refractivity contribution is -0.117. The highest BCUT2D eigenvalue weighted by atomic mass is 16.2. The number of hydrogen-bond acceptors (Lipinski definition) is 3. The van der Waals surface area contributed by atoms with Crippen molar-refractivity contribution in [3.63, 3.8) is 0 Å². The molecule has 4 nitrogen and oxygen atoms in total. The Kier molecular flexibility index (Phi) is 2.68. The van der Waals surface area contributed by atoms with Gasteiger partial charge in [-0.1, -0.05) is 30.3 Å². The fourth-order valence-electron chi connectivity index (χ4n) is 2.07. The number of benzene rings is 1. The lowest BCUT2D eigenvalue weighted by Gasteiger charge is -2.25. The average molecular weight is 239 g/mol. The molecule has 2 heterocycles. The molecule has 1 aliphatic heterocycles. The number of carbonyl (C=O) groups excluding carboxylic acids is 1. The first kappa shape index (κ1) is 10.8. The zero-order chi connectivity index (χ0) is 12.4. The number of pyridine rings is 1. The van der Waals surface area contributed by atoms with E-state index in [1.165, 1.54) is 0 Å². The lowest BCUT2D eigenvalue weighted by Crippen LogP contribution is -2.40. The zero-order valence-electron chi connectivity index (χ0n) is 9.76. The quantitative estimate of drug-likeness (QED) is 0.843. The van der Waals surface area contributed by atoms with Gasteiger partial charge in [-0.25, -0.2) is 4.98 Å². The third kappa shape index (κ3) is 2.05. The Labute approximate surface area is 105 Å². The second-order valence-electron chi connectivity index (χ2n) is 4.28. The van der Waals surface area contributed by atoms with Gasteiger partial charge in [0.1, 0.15) is 11.9 Å². The largest absolute Gasteiger partial charge is 0.356 e. The van der Waals surface area contributed by atoms with E-state index in [9.17, 15) is 4.79 Å². The highest BCUT2D eigenvalue weighted by Crippen LogP contribution is 2.24. The molecule has 4 heteroatoms. The summed E-state index contributed by atoms with van der Waals surface area (Å²) in [5.41, 5.74) is 1.87. The van der Waals surface area contributed by atoms with E-state index in [-0.39, 0.29) is 11.9 Å². The van der Waals surface area contributed by atoms with Crippen molar-refractivity contribution in [2.45, 2.75) is 12.5 Å². The molecule has 0 fully saturated rings. The van der Waals surface area contributed by atoms with E-state index in [4.69, 9.17) is 0 Å². The summed E-state index contributed by atoms with van der Waals surface area (Å²) in [5, 5.41) is 6.04. The van der Waals surface area contributed by atoms with Crippen molar-refractivity contribution in [3.8, 4) is 0 Å². The number of aromatic nitrogens is 1. The van der Waals surface area contributed by atoms with Gasteiger partial charge in [-0.15, -0.1) is 0 Å². The van der Waals surface area contributed by atoms with Gasteiger partial charge in [0.2, 0.25) is 5.91 Å². The topological polar surface area (TPSA) is 54.0 Å². The Morgan fingerprint density at radius 2 is 1.94 bits per heavy atom. The smallest absolute Gasteiger partial charge is 0.247 e. The van der Waals surface area contributed by atoms with Crippen molar-refractivity contribution in [1.82, 2.24) is 4.98 Å². The van der Waals surface area contributed by atoms with E-state index < -0.39 is 0 Å². The van der Waals surface area contributed by atoms with E-state index in [1.54, 1.807) is 12.3 Å². The number of anilines is 2. The van der Waals surface area contributed by atoms with Crippen molar-refractivity contribution in [2.75, 3.05) is 10.6 Å².